The Balaban J connectivity index is 2.51. The molecular weight excluding hydrogens is 196 g/mol. The van der Waals surface area contributed by atoms with Crippen LogP contribution in [0.3, 0.4) is 0 Å². The van der Waals surface area contributed by atoms with Crippen LogP contribution in [0.5, 0.6) is 5.75 Å². The summed E-state index contributed by atoms with van der Waals surface area (Å²) in [7, 11) is 1.78. The maximum absolute atomic E-state index is 5.52. The second-order valence-corrected chi connectivity index (χ2v) is 5.24. The van der Waals surface area contributed by atoms with Gasteiger partial charge in [-0.05, 0) is 53.9 Å². The van der Waals surface area contributed by atoms with E-state index in [2.05, 4.69) is 32.9 Å². The predicted molar refractivity (Wildman–Crippen MR) is 68.4 cm³/mol. The standard InChI is InChI=1S/C15H22O/c1-10(2)13-8-12-7-5-6-11(3)14(12)9-15(13)16-4/h8-11H,5-7H2,1-4H3. The van der Waals surface area contributed by atoms with E-state index < -0.39 is 0 Å². The van der Waals surface area contributed by atoms with Gasteiger partial charge in [-0.25, -0.2) is 0 Å². The zero-order valence-corrected chi connectivity index (χ0v) is 10.8. The summed E-state index contributed by atoms with van der Waals surface area (Å²) in [6.45, 7) is 6.79. The average Bonchev–Trinajstić information content (AvgIpc) is 2.28. The van der Waals surface area contributed by atoms with Crippen molar-refractivity contribution < 1.29 is 4.74 Å². The number of ether oxygens (including phenoxy) is 1. The lowest BCUT2D eigenvalue weighted by Gasteiger charge is -2.25. The molecule has 1 aliphatic rings. The van der Waals surface area contributed by atoms with E-state index in [0.717, 1.165) is 5.75 Å². The molecule has 1 aromatic carbocycles. The lowest BCUT2D eigenvalue weighted by molar-refractivity contribution is 0.405. The lowest BCUT2D eigenvalue weighted by atomic mass is 9.82. The van der Waals surface area contributed by atoms with Gasteiger partial charge < -0.3 is 4.74 Å². The molecule has 1 nitrogen and oxygen atoms in total. The Labute approximate surface area is 98.8 Å². The van der Waals surface area contributed by atoms with Crippen LogP contribution in [-0.2, 0) is 6.42 Å². The van der Waals surface area contributed by atoms with Crippen LogP contribution >= 0.6 is 0 Å². The smallest absolute Gasteiger partial charge is 0.122 e. The minimum atomic E-state index is 0.539. The zero-order valence-electron chi connectivity index (χ0n) is 10.8. The molecule has 0 aliphatic heterocycles. The van der Waals surface area contributed by atoms with Gasteiger partial charge in [-0.2, -0.15) is 0 Å². The fraction of sp³-hybridized carbons (Fsp3) is 0.600. The third-order valence-electron chi connectivity index (χ3n) is 3.73. The third kappa shape index (κ3) is 1.95. The highest BCUT2D eigenvalue weighted by Gasteiger charge is 2.20. The molecule has 0 N–H and O–H groups in total. The van der Waals surface area contributed by atoms with Crippen LogP contribution in [0.1, 0.15) is 62.1 Å². The molecule has 2 rings (SSSR count). The number of methoxy groups -OCH3 is 1. The first-order chi connectivity index (χ1) is 7.63. The molecule has 1 aromatic rings. The summed E-state index contributed by atoms with van der Waals surface area (Å²) in [6.07, 6.45) is 3.89. The molecule has 1 aliphatic carbocycles. The van der Waals surface area contributed by atoms with Gasteiger partial charge in [0.05, 0.1) is 7.11 Å². The van der Waals surface area contributed by atoms with Crippen molar-refractivity contribution in [2.45, 2.75) is 51.9 Å². The summed E-state index contributed by atoms with van der Waals surface area (Å²) >= 11 is 0. The van der Waals surface area contributed by atoms with E-state index in [9.17, 15) is 0 Å². The van der Waals surface area contributed by atoms with Crippen molar-refractivity contribution in [2.75, 3.05) is 7.11 Å². The number of benzene rings is 1. The number of rotatable bonds is 2. The van der Waals surface area contributed by atoms with Gasteiger partial charge in [0.1, 0.15) is 5.75 Å². The van der Waals surface area contributed by atoms with Crippen LogP contribution in [0.25, 0.3) is 0 Å². The van der Waals surface area contributed by atoms with E-state index >= 15 is 0 Å². The van der Waals surface area contributed by atoms with Gasteiger partial charge in [0.15, 0.2) is 0 Å². The van der Waals surface area contributed by atoms with Crippen molar-refractivity contribution in [1.29, 1.82) is 0 Å². The topological polar surface area (TPSA) is 9.23 Å². The van der Waals surface area contributed by atoms with Crippen LogP contribution in [0.4, 0.5) is 0 Å². The molecular formula is C15H22O. The maximum Gasteiger partial charge on any atom is 0.122 e. The molecule has 0 radical (unpaired) electrons. The summed E-state index contributed by atoms with van der Waals surface area (Å²) in [4.78, 5) is 0. The number of hydrogen-bond donors (Lipinski definition) is 0. The molecule has 1 heteroatoms. The second-order valence-electron chi connectivity index (χ2n) is 5.24. The van der Waals surface area contributed by atoms with E-state index in [0.29, 0.717) is 11.8 Å². The Morgan fingerprint density at radius 3 is 2.69 bits per heavy atom. The monoisotopic (exact) mass is 218 g/mol. The van der Waals surface area contributed by atoms with Crippen molar-refractivity contribution in [3.8, 4) is 5.75 Å². The van der Waals surface area contributed by atoms with E-state index in [-0.39, 0.29) is 0 Å². The molecule has 0 spiro atoms. The molecule has 0 aromatic heterocycles. The van der Waals surface area contributed by atoms with Gasteiger partial charge in [0.25, 0.3) is 0 Å². The minimum absolute atomic E-state index is 0.539. The summed E-state index contributed by atoms with van der Waals surface area (Å²) in [5.41, 5.74) is 4.41. The number of fused-ring (bicyclic) bond motifs is 1. The molecule has 1 atom stereocenters. The van der Waals surface area contributed by atoms with E-state index in [1.165, 1.54) is 30.4 Å². The zero-order chi connectivity index (χ0) is 11.7. The summed E-state index contributed by atoms with van der Waals surface area (Å²) in [6, 6.07) is 4.64. The Morgan fingerprint density at radius 1 is 1.31 bits per heavy atom. The molecule has 1 unspecified atom stereocenters. The van der Waals surface area contributed by atoms with Gasteiger partial charge in [0, 0.05) is 0 Å². The van der Waals surface area contributed by atoms with Crippen LogP contribution in [0.2, 0.25) is 0 Å². The van der Waals surface area contributed by atoms with Crippen LogP contribution < -0.4 is 4.74 Å². The van der Waals surface area contributed by atoms with Crippen molar-refractivity contribution in [3.63, 3.8) is 0 Å². The molecule has 88 valence electrons. The third-order valence-corrected chi connectivity index (χ3v) is 3.73. The Bertz CT molecular complexity index is 364. The molecule has 0 saturated heterocycles. The summed E-state index contributed by atoms with van der Waals surface area (Å²) in [5, 5.41) is 0. The molecule has 0 amide bonds. The van der Waals surface area contributed by atoms with Crippen molar-refractivity contribution >= 4 is 0 Å². The van der Waals surface area contributed by atoms with Gasteiger partial charge >= 0.3 is 0 Å². The van der Waals surface area contributed by atoms with E-state index in [1.54, 1.807) is 12.7 Å². The highest BCUT2D eigenvalue weighted by molar-refractivity contribution is 5.46. The maximum atomic E-state index is 5.52. The summed E-state index contributed by atoms with van der Waals surface area (Å²) in [5.74, 6) is 2.30. The van der Waals surface area contributed by atoms with Crippen molar-refractivity contribution in [3.05, 3.63) is 28.8 Å². The molecule has 0 heterocycles. The largest absolute Gasteiger partial charge is 0.496 e. The molecule has 0 saturated carbocycles. The first kappa shape index (κ1) is 11.5. The van der Waals surface area contributed by atoms with Gasteiger partial charge in [-0.15, -0.1) is 0 Å². The Kier molecular flexibility index (Phi) is 3.22. The predicted octanol–water partition coefficient (Wildman–Crippen LogP) is 4.26. The van der Waals surface area contributed by atoms with Crippen LogP contribution in [0.15, 0.2) is 12.1 Å². The Morgan fingerprint density at radius 2 is 2.06 bits per heavy atom. The first-order valence-corrected chi connectivity index (χ1v) is 6.34. The normalized spacial score (nSPS) is 19.7. The highest BCUT2D eigenvalue weighted by Crippen LogP contribution is 2.37. The average molecular weight is 218 g/mol. The van der Waals surface area contributed by atoms with E-state index in [1.807, 2.05) is 0 Å². The van der Waals surface area contributed by atoms with E-state index in [4.69, 9.17) is 4.74 Å². The fourth-order valence-electron chi connectivity index (χ4n) is 2.72. The number of aryl methyl sites for hydroxylation is 1. The highest BCUT2D eigenvalue weighted by atomic mass is 16.5. The van der Waals surface area contributed by atoms with Gasteiger partial charge in [-0.1, -0.05) is 26.8 Å². The SMILES string of the molecule is COc1cc2c(cc1C(C)C)CCCC2C. The van der Waals surface area contributed by atoms with Crippen molar-refractivity contribution in [2.24, 2.45) is 0 Å². The minimum Gasteiger partial charge on any atom is -0.496 e. The van der Waals surface area contributed by atoms with Gasteiger partial charge in [-0.3, -0.25) is 0 Å². The first-order valence-electron chi connectivity index (χ1n) is 6.34. The fourth-order valence-corrected chi connectivity index (χ4v) is 2.72. The lowest BCUT2D eigenvalue weighted by Crippen LogP contribution is -2.09. The quantitative estimate of drug-likeness (QED) is 0.720. The second kappa shape index (κ2) is 4.48. The molecule has 16 heavy (non-hydrogen) atoms. The summed E-state index contributed by atoms with van der Waals surface area (Å²) < 4.78 is 5.52. The molecule has 0 bridgehead atoms. The van der Waals surface area contributed by atoms with Crippen molar-refractivity contribution in [1.82, 2.24) is 0 Å². The molecule has 0 fully saturated rings. The number of hydrogen-bond acceptors (Lipinski definition) is 1. The van der Waals surface area contributed by atoms with Crippen LogP contribution in [0, 0.1) is 0 Å². The Hall–Kier alpha value is -0.980. The van der Waals surface area contributed by atoms with Crippen LogP contribution in [-0.4, -0.2) is 7.11 Å². The van der Waals surface area contributed by atoms with Gasteiger partial charge in [0.2, 0.25) is 0 Å².